The summed E-state index contributed by atoms with van der Waals surface area (Å²) in [6.45, 7) is 4.38. The fraction of sp³-hybridized carbons (Fsp3) is 0.409. The molecule has 3 aromatic rings. The number of para-hydroxylation sites is 1. The maximum absolute atomic E-state index is 14.1. The molecule has 0 radical (unpaired) electrons. The van der Waals surface area contributed by atoms with E-state index in [1.165, 1.54) is 16.8 Å². The lowest BCUT2D eigenvalue weighted by Crippen LogP contribution is -2.46. The van der Waals surface area contributed by atoms with Gasteiger partial charge in [-0.1, -0.05) is 23.7 Å². The first-order valence-corrected chi connectivity index (χ1v) is 10.7. The zero-order valence-corrected chi connectivity index (χ0v) is 17.9. The van der Waals surface area contributed by atoms with E-state index in [4.69, 9.17) is 21.1 Å². The summed E-state index contributed by atoms with van der Waals surface area (Å²) < 4.78 is 26.6. The van der Waals surface area contributed by atoms with Crippen molar-refractivity contribution in [3.63, 3.8) is 0 Å². The van der Waals surface area contributed by atoms with Gasteiger partial charge in [0.15, 0.2) is 17.2 Å². The molecule has 2 aromatic heterocycles. The summed E-state index contributed by atoms with van der Waals surface area (Å²) in [5.41, 5.74) is 2.35. The number of piperidine rings is 1. The Labute approximate surface area is 183 Å². The number of rotatable bonds is 4. The van der Waals surface area contributed by atoms with Crippen LogP contribution in [0.25, 0.3) is 5.65 Å². The Kier molecular flexibility index (Phi) is 5.06. The number of fused-ring (bicyclic) bond motifs is 3. The molecule has 1 amide bonds. The van der Waals surface area contributed by atoms with Crippen LogP contribution < -0.4 is 4.74 Å². The van der Waals surface area contributed by atoms with Crippen molar-refractivity contribution in [2.75, 3.05) is 26.3 Å². The van der Waals surface area contributed by atoms with E-state index < -0.39 is 0 Å². The molecule has 0 atom stereocenters. The lowest BCUT2D eigenvalue weighted by Gasteiger charge is -2.38. The minimum absolute atomic E-state index is 0.186. The van der Waals surface area contributed by atoms with Crippen LogP contribution in [0.1, 0.15) is 41.3 Å². The molecule has 2 aliphatic rings. The van der Waals surface area contributed by atoms with Crippen molar-refractivity contribution in [3.8, 4) is 5.75 Å². The molecule has 0 bridgehead atoms. The zero-order valence-electron chi connectivity index (χ0n) is 17.1. The smallest absolute Gasteiger partial charge is 0.258 e. The average molecular weight is 445 g/mol. The first-order chi connectivity index (χ1) is 15.0. The standard InChI is InChI=1S/C22H22ClFN4O3/c1-2-30-12-14-10-26-28-19(23)15(11-25-20(14)28)21(29)27-8-6-22(7-9-27)13-31-18-16(22)4-3-5-17(18)24/h3-5,10-11H,2,6-9,12-13H2,1H3. The van der Waals surface area contributed by atoms with Gasteiger partial charge in [-0.15, -0.1) is 0 Å². The van der Waals surface area contributed by atoms with Crippen LogP contribution in [0.2, 0.25) is 5.15 Å². The number of halogens is 2. The van der Waals surface area contributed by atoms with Crippen LogP contribution in [0.3, 0.4) is 0 Å². The number of amides is 1. The van der Waals surface area contributed by atoms with Crippen molar-refractivity contribution in [1.29, 1.82) is 0 Å². The summed E-state index contributed by atoms with van der Waals surface area (Å²) in [5.74, 6) is -0.169. The predicted octanol–water partition coefficient (Wildman–Crippen LogP) is 3.62. The van der Waals surface area contributed by atoms with Gasteiger partial charge in [-0.05, 0) is 25.8 Å². The fourth-order valence-corrected chi connectivity index (χ4v) is 4.74. The van der Waals surface area contributed by atoms with E-state index in [-0.39, 0.29) is 22.3 Å². The van der Waals surface area contributed by atoms with Crippen LogP contribution in [0.4, 0.5) is 4.39 Å². The average Bonchev–Trinajstić information content (AvgIpc) is 3.36. The van der Waals surface area contributed by atoms with E-state index in [9.17, 15) is 9.18 Å². The minimum atomic E-state index is -0.332. The second-order valence-electron chi connectivity index (χ2n) is 7.98. The maximum atomic E-state index is 14.1. The van der Waals surface area contributed by atoms with Crippen molar-refractivity contribution in [2.45, 2.75) is 31.8 Å². The SMILES string of the molecule is CCOCc1cnn2c(Cl)c(C(=O)N3CCC4(CC3)COc3c(F)cccc34)cnc12. The molecule has 9 heteroatoms. The molecular formula is C22H22ClFN4O3. The van der Waals surface area contributed by atoms with Gasteiger partial charge in [0.2, 0.25) is 0 Å². The normalized spacial score (nSPS) is 17.2. The highest BCUT2D eigenvalue weighted by Crippen LogP contribution is 2.46. The zero-order chi connectivity index (χ0) is 21.6. The number of aromatic nitrogens is 3. The van der Waals surface area contributed by atoms with Crippen LogP contribution in [0, 0.1) is 5.82 Å². The molecule has 4 heterocycles. The highest BCUT2D eigenvalue weighted by molar-refractivity contribution is 6.32. The van der Waals surface area contributed by atoms with E-state index in [1.54, 1.807) is 17.2 Å². The monoisotopic (exact) mass is 444 g/mol. The number of carbonyl (C=O) groups is 1. The Morgan fingerprint density at radius 2 is 2.13 bits per heavy atom. The molecule has 1 fully saturated rings. The largest absolute Gasteiger partial charge is 0.489 e. The number of nitrogens with zero attached hydrogens (tertiary/aromatic N) is 4. The van der Waals surface area contributed by atoms with Gasteiger partial charge in [-0.3, -0.25) is 4.79 Å². The van der Waals surface area contributed by atoms with Gasteiger partial charge in [0.25, 0.3) is 5.91 Å². The predicted molar refractivity (Wildman–Crippen MR) is 112 cm³/mol. The third-order valence-corrected chi connectivity index (χ3v) is 6.64. The third-order valence-electron chi connectivity index (χ3n) is 6.27. The van der Waals surface area contributed by atoms with Crippen molar-refractivity contribution < 1.29 is 18.7 Å². The Morgan fingerprint density at radius 3 is 2.90 bits per heavy atom. The molecule has 0 unspecified atom stereocenters. The molecule has 0 N–H and O–H groups in total. The summed E-state index contributed by atoms with van der Waals surface area (Å²) in [6.07, 6.45) is 4.55. The Bertz CT molecular complexity index is 1160. The number of carbonyl (C=O) groups excluding carboxylic acids is 1. The molecule has 162 valence electrons. The van der Waals surface area contributed by atoms with Crippen LogP contribution in [-0.4, -0.2) is 51.7 Å². The van der Waals surface area contributed by atoms with Crippen LogP contribution >= 0.6 is 11.6 Å². The summed E-state index contributed by atoms with van der Waals surface area (Å²) in [4.78, 5) is 19.4. The molecular weight excluding hydrogens is 423 g/mol. The van der Waals surface area contributed by atoms with Gasteiger partial charge < -0.3 is 14.4 Å². The molecule has 1 aromatic carbocycles. The minimum Gasteiger partial charge on any atom is -0.489 e. The topological polar surface area (TPSA) is 69.0 Å². The number of benzene rings is 1. The Morgan fingerprint density at radius 1 is 1.32 bits per heavy atom. The molecule has 31 heavy (non-hydrogen) atoms. The lowest BCUT2D eigenvalue weighted by molar-refractivity contribution is 0.0645. The Hall–Kier alpha value is -2.71. The summed E-state index contributed by atoms with van der Waals surface area (Å²) in [6, 6.07) is 5.05. The van der Waals surface area contributed by atoms with E-state index in [0.29, 0.717) is 62.7 Å². The number of hydrogen-bond donors (Lipinski definition) is 0. The van der Waals surface area contributed by atoms with E-state index in [2.05, 4.69) is 10.1 Å². The summed E-state index contributed by atoms with van der Waals surface area (Å²) >= 11 is 6.52. The number of ether oxygens (including phenoxy) is 2. The quantitative estimate of drug-likeness (QED) is 0.575. The molecule has 0 saturated carbocycles. The Balaban J connectivity index is 1.35. The van der Waals surface area contributed by atoms with Gasteiger partial charge in [0, 0.05) is 42.4 Å². The van der Waals surface area contributed by atoms with Crippen molar-refractivity contribution in [2.24, 2.45) is 0 Å². The summed E-state index contributed by atoms with van der Waals surface area (Å²) in [5, 5.41) is 4.50. The maximum Gasteiger partial charge on any atom is 0.258 e. The van der Waals surface area contributed by atoms with Gasteiger partial charge in [-0.25, -0.2) is 13.9 Å². The molecule has 1 saturated heterocycles. The van der Waals surface area contributed by atoms with E-state index >= 15 is 0 Å². The van der Waals surface area contributed by atoms with Crippen LogP contribution in [-0.2, 0) is 16.8 Å². The molecule has 2 aliphatic heterocycles. The molecule has 0 aliphatic carbocycles. The fourth-order valence-electron chi connectivity index (χ4n) is 4.49. The molecule has 5 rings (SSSR count). The van der Waals surface area contributed by atoms with Gasteiger partial charge in [-0.2, -0.15) is 5.10 Å². The second kappa shape index (κ2) is 7.76. The van der Waals surface area contributed by atoms with E-state index in [0.717, 1.165) is 11.1 Å². The highest BCUT2D eigenvalue weighted by Gasteiger charge is 2.45. The first-order valence-electron chi connectivity index (χ1n) is 10.3. The molecule has 1 spiro atoms. The highest BCUT2D eigenvalue weighted by atomic mass is 35.5. The van der Waals surface area contributed by atoms with Gasteiger partial charge >= 0.3 is 0 Å². The molecule has 7 nitrogen and oxygen atoms in total. The van der Waals surface area contributed by atoms with Crippen molar-refractivity contribution in [1.82, 2.24) is 19.5 Å². The lowest BCUT2D eigenvalue weighted by atomic mass is 9.74. The number of hydrogen-bond acceptors (Lipinski definition) is 5. The first kappa shape index (κ1) is 20.2. The summed E-state index contributed by atoms with van der Waals surface area (Å²) in [7, 11) is 0. The van der Waals surface area contributed by atoms with Gasteiger partial charge in [0.1, 0.15) is 5.15 Å². The van der Waals surface area contributed by atoms with Crippen LogP contribution in [0.15, 0.2) is 30.6 Å². The van der Waals surface area contributed by atoms with Gasteiger partial charge in [0.05, 0.1) is 25.0 Å². The number of likely N-dealkylation sites (tertiary alicyclic amines) is 1. The third kappa shape index (κ3) is 3.25. The van der Waals surface area contributed by atoms with Crippen LogP contribution in [0.5, 0.6) is 5.75 Å². The van der Waals surface area contributed by atoms with E-state index in [1.807, 2.05) is 13.0 Å². The van der Waals surface area contributed by atoms with Crippen molar-refractivity contribution in [3.05, 3.63) is 58.3 Å². The second-order valence-corrected chi connectivity index (χ2v) is 8.34. The van der Waals surface area contributed by atoms with Crippen molar-refractivity contribution >= 4 is 23.2 Å².